The molecule has 0 aliphatic carbocycles. The van der Waals surface area contributed by atoms with Gasteiger partial charge in [0.05, 0.1) is 19.6 Å². The van der Waals surface area contributed by atoms with Gasteiger partial charge in [-0.05, 0) is 30.5 Å². The van der Waals surface area contributed by atoms with Gasteiger partial charge in [0.2, 0.25) is 11.8 Å². The second-order valence-corrected chi connectivity index (χ2v) is 7.65. The molecule has 3 fully saturated rings. The van der Waals surface area contributed by atoms with Crippen LogP contribution in [-0.2, 0) is 16.1 Å². The van der Waals surface area contributed by atoms with E-state index in [1.165, 1.54) is 0 Å². The van der Waals surface area contributed by atoms with Gasteiger partial charge in [-0.2, -0.15) is 0 Å². The van der Waals surface area contributed by atoms with Crippen LogP contribution in [0.15, 0.2) is 24.3 Å². The molecule has 4 rings (SSSR count). The Labute approximate surface area is 169 Å². The number of carbonyl (C=O) groups is 4. The minimum atomic E-state index is -0.392. The number of piperazine rings is 1. The molecule has 154 valence electrons. The van der Waals surface area contributed by atoms with Crippen molar-refractivity contribution in [1.29, 1.82) is 0 Å². The van der Waals surface area contributed by atoms with Gasteiger partial charge in [-0.1, -0.05) is 12.1 Å². The Hall–Kier alpha value is -2.94. The molecule has 3 aliphatic heterocycles. The van der Waals surface area contributed by atoms with E-state index in [2.05, 4.69) is 10.6 Å². The molecule has 3 heterocycles. The fraction of sp³-hybridized carbons (Fsp3) is 0.500. The van der Waals surface area contributed by atoms with Crippen molar-refractivity contribution in [3.05, 3.63) is 35.4 Å². The molecule has 9 heteroatoms. The minimum absolute atomic E-state index is 0.0289. The van der Waals surface area contributed by atoms with E-state index in [0.29, 0.717) is 31.7 Å². The standard InChI is InChI=1S/C20H25N5O4/c26-17-10-21-7-9-24(17)16-2-1-8-23(13-16)19(28)15-5-3-14(4-6-15)12-25-18(27)11-22-20(25)29/h3-6,16,21H,1-2,7-13H2,(H,22,29). The average molecular weight is 399 g/mol. The lowest BCUT2D eigenvalue weighted by molar-refractivity contribution is -0.135. The van der Waals surface area contributed by atoms with Crippen molar-refractivity contribution in [2.24, 2.45) is 0 Å². The summed E-state index contributed by atoms with van der Waals surface area (Å²) >= 11 is 0. The highest BCUT2D eigenvalue weighted by atomic mass is 16.2. The van der Waals surface area contributed by atoms with E-state index >= 15 is 0 Å². The first-order chi connectivity index (χ1) is 14.0. The largest absolute Gasteiger partial charge is 0.337 e. The molecular weight excluding hydrogens is 374 g/mol. The number of likely N-dealkylation sites (tertiary alicyclic amines) is 1. The summed E-state index contributed by atoms with van der Waals surface area (Å²) in [6.45, 7) is 3.29. The fourth-order valence-corrected chi connectivity index (χ4v) is 4.13. The van der Waals surface area contributed by atoms with E-state index in [9.17, 15) is 19.2 Å². The quantitative estimate of drug-likeness (QED) is 0.682. The van der Waals surface area contributed by atoms with E-state index in [-0.39, 0.29) is 36.9 Å². The van der Waals surface area contributed by atoms with Crippen LogP contribution in [0.4, 0.5) is 4.79 Å². The van der Waals surface area contributed by atoms with Crippen LogP contribution >= 0.6 is 0 Å². The van der Waals surface area contributed by atoms with Gasteiger partial charge in [-0.3, -0.25) is 19.3 Å². The molecule has 0 saturated carbocycles. The summed E-state index contributed by atoms with van der Waals surface area (Å²) < 4.78 is 0. The summed E-state index contributed by atoms with van der Waals surface area (Å²) in [6.07, 6.45) is 1.79. The molecular formula is C20H25N5O4. The van der Waals surface area contributed by atoms with Crippen molar-refractivity contribution < 1.29 is 19.2 Å². The number of amides is 5. The van der Waals surface area contributed by atoms with Gasteiger partial charge in [-0.15, -0.1) is 0 Å². The number of rotatable bonds is 4. The van der Waals surface area contributed by atoms with Crippen LogP contribution in [0.5, 0.6) is 0 Å². The zero-order chi connectivity index (χ0) is 20.4. The van der Waals surface area contributed by atoms with Crippen molar-refractivity contribution in [3.63, 3.8) is 0 Å². The SMILES string of the molecule is O=C(c1ccc(CN2C(=O)CNC2=O)cc1)N1CCCC(N2CCNCC2=O)C1. The average Bonchev–Trinajstić information content (AvgIpc) is 3.06. The van der Waals surface area contributed by atoms with E-state index < -0.39 is 6.03 Å². The third-order valence-electron chi connectivity index (χ3n) is 5.73. The first kappa shape index (κ1) is 19.4. The van der Waals surface area contributed by atoms with Crippen LogP contribution in [0.1, 0.15) is 28.8 Å². The van der Waals surface area contributed by atoms with Crippen molar-refractivity contribution in [1.82, 2.24) is 25.3 Å². The first-order valence-corrected chi connectivity index (χ1v) is 9.99. The number of imide groups is 1. The molecule has 1 aromatic rings. The predicted molar refractivity (Wildman–Crippen MR) is 104 cm³/mol. The van der Waals surface area contributed by atoms with E-state index in [0.717, 1.165) is 29.8 Å². The van der Waals surface area contributed by atoms with Gasteiger partial charge >= 0.3 is 6.03 Å². The van der Waals surface area contributed by atoms with Crippen LogP contribution in [0, 0.1) is 0 Å². The van der Waals surface area contributed by atoms with Crippen LogP contribution in [0.2, 0.25) is 0 Å². The topological polar surface area (TPSA) is 102 Å². The molecule has 0 aromatic heterocycles. The number of nitrogens with zero attached hydrogens (tertiary/aromatic N) is 3. The monoisotopic (exact) mass is 399 g/mol. The molecule has 29 heavy (non-hydrogen) atoms. The highest BCUT2D eigenvalue weighted by Crippen LogP contribution is 2.20. The Morgan fingerprint density at radius 1 is 1.03 bits per heavy atom. The summed E-state index contributed by atoms with van der Waals surface area (Å²) in [6, 6.07) is 6.69. The van der Waals surface area contributed by atoms with Crippen LogP contribution in [0.3, 0.4) is 0 Å². The van der Waals surface area contributed by atoms with Gasteiger partial charge < -0.3 is 20.4 Å². The molecule has 0 radical (unpaired) electrons. The fourth-order valence-electron chi connectivity index (χ4n) is 4.13. The molecule has 9 nitrogen and oxygen atoms in total. The van der Waals surface area contributed by atoms with Crippen LogP contribution in [0.25, 0.3) is 0 Å². The van der Waals surface area contributed by atoms with E-state index in [4.69, 9.17) is 0 Å². The number of hydrogen-bond acceptors (Lipinski definition) is 5. The molecule has 0 bridgehead atoms. The molecule has 1 aromatic carbocycles. The Morgan fingerprint density at radius 3 is 2.52 bits per heavy atom. The van der Waals surface area contributed by atoms with Gasteiger partial charge in [0.25, 0.3) is 5.91 Å². The van der Waals surface area contributed by atoms with E-state index in [1.54, 1.807) is 24.3 Å². The van der Waals surface area contributed by atoms with Crippen molar-refractivity contribution in [2.75, 3.05) is 39.3 Å². The highest BCUT2D eigenvalue weighted by molar-refractivity contribution is 6.01. The summed E-state index contributed by atoms with van der Waals surface area (Å²) in [4.78, 5) is 53.4. The Morgan fingerprint density at radius 2 is 1.83 bits per heavy atom. The molecule has 0 spiro atoms. The lowest BCUT2D eigenvalue weighted by Crippen LogP contribution is -2.57. The number of nitrogens with one attached hydrogen (secondary N) is 2. The third-order valence-corrected chi connectivity index (χ3v) is 5.73. The minimum Gasteiger partial charge on any atom is -0.337 e. The summed E-state index contributed by atoms with van der Waals surface area (Å²) in [5.74, 6) is -0.212. The zero-order valence-electron chi connectivity index (χ0n) is 16.2. The number of hydrogen-bond donors (Lipinski definition) is 2. The normalized spacial score (nSPS) is 22.8. The van der Waals surface area contributed by atoms with Crippen LogP contribution in [-0.4, -0.2) is 83.8 Å². The van der Waals surface area contributed by atoms with Crippen LogP contribution < -0.4 is 10.6 Å². The van der Waals surface area contributed by atoms with Crippen molar-refractivity contribution in [2.45, 2.75) is 25.4 Å². The summed E-state index contributed by atoms with van der Waals surface area (Å²) in [7, 11) is 0. The summed E-state index contributed by atoms with van der Waals surface area (Å²) in [5, 5.41) is 5.57. The maximum atomic E-state index is 13.0. The second kappa shape index (κ2) is 8.20. The maximum Gasteiger partial charge on any atom is 0.324 e. The second-order valence-electron chi connectivity index (χ2n) is 7.65. The number of carbonyl (C=O) groups excluding carboxylic acids is 4. The molecule has 2 N–H and O–H groups in total. The summed E-state index contributed by atoms with van der Waals surface area (Å²) in [5.41, 5.74) is 1.35. The number of piperidine rings is 1. The van der Waals surface area contributed by atoms with E-state index in [1.807, 2.05) is 9.80 Å². The number of benzene rings is 1. The molecule has 1 atom stereocenters. The van der Waals surface area contributed by atoms with Gasteiger partial charge in [0.1, 0.15) is 0 Å². The predicted octanol–water partition coefficient (Wildman–Crippen LogP) is -0.225. The Balaban J connectivity index is 1.39. The molecule has 5 amide bonds. The zero-order valence-corrected chi connectivity index (χ0v) is 16.2. The molecule has 1 unspecified atom stereocenters. The Bertz CT molecular complexity index is 809. The highest BCUT2D eigenvalue weighted by Gasteiger charge is 2.32. The van der Waals surface area contributed by atoms with Gasteiger partial charge in [0, 0.05) is 37.8 Å². The molecule has 3 saturated heterocycles. The van der Waals surface area contributed by atoms with Gasteiger partial charge in [0.15, 0.2) is 0 Å². The van der Waals surface area contributed by atoms with Gasteiger partial charge in [-0.25, -0.2) is 4.79 Å². The maximum absolute atomic E-state index is 13.0. The lowest BCUT2D eigenvalue weighted by atomic mass is 10.0. The Kier molecular flexibility index (Phi) is 5.48. The lowest BCUT2D eigenvalue weighted by Gasteiger charge is -2.41. The number of urea groups is 1. The smallest absolute Gasteiger partial charge is 0.324 e. The van der Waals surface area contributed by atoms with Crippen molar-refractivity contribution >= 4 is 23.8 Å². The van der Waals surface area contributed by atoms with Crippen molar-refractivity contribution in [3.8, 4) is 0 Å². The third kappa shape index (κ3) is 4.09. The molecule has 3 aliphatic rings. The first-order valence-electron chi connectivity index (χ1n) is 9.99.